The zero-order valence-electron chi connectivity index (χ0n) is 13.1. The molecule has 4 heteroatoms. The highest BCUT2D eigenvalue weighted by atomic mass is 16.1. The minimum Gasteiger partial charge on any atom is -0.326 e. The zero-order valence-corrected chi connectivity index (χ0v) is 13.1. The van der Waals surface area contributed by atoms with Crippen LogP contribution in [0.25, 0.3) is 11.3 Å². The average molecular weight is 285 g/mol. The molecular formula is C17H23N3O. The zero-order chi connectivity index (χ0) is 15.5. The van der Waals surface area contributed by atoms with Gasteiger partial charge in [-0.15, -0.1) is 0 Å². The van der Waals surface area contributed by atoms with Crippen LogP contribution >= 0.6 is 0 Å². The third kappa shape index (κ3) is 4.18. The van der Waals surface area contributed by atoms with E-state index in [9.17, 15) is 4.79 Å². The molecule has 0 spiro atoms. The molecule has 0 fully saturated rings. The van der Waals surface area contributed by atoms with Crippen molar-refractivity contribution in [2.75, 3.05) is 5.32 Å². The molecule has 1 heterocycles. The first-order valence-electron chi connectivity index (χ1n) is 7.26. The third-order valence-corrected chi connectivity index (χ3v) is 3.93. The molecule has 0 aliphatic rings. The standard InChI is InChI=1S/C17H23N3O/c1-12(17(2,3)4)10-16(21)19-14-7-5-6-13(11-14)15-8-9-18-20-15/h5-9,11-12H,10H2,1-4H3,(H,18,20)(H,19,21). The summed E-state index contributed by atoms with van der Waals surface area (Å²) in [6.07, 6.45) is 2.24. The second-order valence-corrected chi connectivity index (χ2v) is 6.57. The number of carbonyl (C=O) groups is 1. The lowest BCUT2D eigenvalue weighted by molar-refractivity contribution is -0.117. The molecule has 2 aromatic rings. The van der Waals surface area contributed by atoms with Crippen LogP contribution in [0, 0.1) is 11.3 Å². The van der Waals surface area contributed by atoms with E-state index in [1.165, 1.54) is 0 Å². The van der Waals surface area contributed by atoms with E-state index in [0.717, 1.165) is 16.9 Å². The van der Waals surface area contributed by atoms with Crippen molar-refractivity contribution in [2.24, 2.45) is 11.3 Å². The van der Waals surface area contributed by atoms with Crippen molar-refractivity contribution in [3.05, 3.63) is 36.5 Å². The first-order valence-corrected chi connectivity index (χ1v) is 7.26. The van der Waals surface area contributed by atoms with Gasteiger partial charge in [0.15, 0.2) is 0 Å². The number of rotatable bonds is 4. The smallest absolute Gasteiger partial charge is 0.224 e. The highest BCUT2D eigenvalue weighted by Crippen LogP contribution is 2.28. The number of anilines is 1. The van der Waals surface area contributed by atoms with Crippen molar-refractivity contribution >= 4 is 11.6 Å². The van der Waals surface area contributed by atoms with Crippen LogP contribution in [0.15, 0.2) is 36.5 Å². The van der Waals surface area contributed by atoms with E-state index in [2.05, 4.69) is 43.2 Å². The fourth-order valence-corrected chi connectivity index (χ4v) is 1.98. The number of benzene rings is 1. The summed E-state index contributed by atoms with van der Waals surface area (Å²) >= 11 is 0. The van der Waals surface area contributed by atoms with Gasteiger partial charge in [-0.05, 0) is 29.5 Å². The van der Waals surface area contributed by atoms with Crippen molar-refractivity contribution in [3.8, 4) is 11.3 Å². The molecule has 1 aromatic heterocycles. The number of aromatic nitrogens is 2. The minimum atomic E-state index is 0.0548. The third-order valence-electron chi connectivity index (χ3n) is 3.93. The van der Waals surface area contributed by atoms with Gasteiger partial charge < -0.3 is 5.32 Å². The van der Waals surface area contributed by atoms with Crippen LogP contribution in [0.3, 0.4) is 0 Å². The van der Waals surface area contributed by atoms with E-state index < -0.39 is 0 Å². The molecule has 2 rings (SSSR count). The Morgan fingerprint density at radius 2 is 2.10 bits per heavy atom. The largest absolute Gasteiger partial charge is 0.326 e. The highest BCUT2D eigenvalue weighted by molar-refractivity contribution is 5.91. The number of nitrogens with zero attached hydrogens (tertiary/aromatic N) is 1. The summed E-state index contributed by atoms with van der Waals surface area (Å²) in [6, 6.07) is 9.68. The van der Waals surface area contributed by atoms with Gasteiger partial charge in [-0.25, -0.2) is 0 Å². The summed E-state index contributed by atoms with van der Waals surface area (Å²) in [5, 5.41) is 9.84. The van der Waals surface area contributed by atoms with Gasteiger partial charge in [-0.1, -0.05) is 39.8 Å². The van der Waals surface area contributed by atoms with Gasteiger partial charge in [0.2, 0.25) is 5.91 Å². The molecule has 1 unspecified atom stereocenters. The highest BCUT2D eigenvalue weighted by Gasteiger charge is 2.22. The van der Waals surface area contributed by atoms with Crippen LogP contribution in [0.1, 0.15) is 34.1 Å². The molecule has 1 amide bonds. The lowest BCUT2D eigenvalue weighted by Gasteiger charge is -2.26. The molecule has 4 nitrogen and oxygen atoms in total. The molecule has 1 atom stereocenters. The second kappa shape index (κ2) is 6.12. The van der Waals surface area contributed by atoms with Crippen LogP contribution in [-0.4, -0.2) is 16.1 Å². The maximum Gasteiger partial charge on any atom is 0.224 e. The first-order chi connectivity index (χ1) is 9.86. The normalized spacial score (nSPS) is 13.0. The lowest BCUT2D eigenvalue weighted by Crippen LogP contribution is -2.23. The molecule has 0 saturated carbocycles. The van der Waals surface area contributed by atoms with Gasteiger partial charge in [-0.3, -0.25) is 9.89 Å². The maximum absolute atomic E-state index is 12.1. The Morgan fingerprint density at radius 1 is 1.33 bits per heavy atom. The fourth-order valence-electron chi connectivity index (χ4n) is 1.98. The summed E-state index contributed by atoms with van der Waals surface area (Å²) in [7, 11) is 0. The maximum atomic E-state index is 12.1. The van der Waals surface area contributed by atoms with Gasteiger partial charge in [0.05, 0.1) is 5.69 Å². The van der Waals surface area contributed by atoms with E-state index >= 15 is 0 Å². The van der Waals surface area contributed by atoms with Crippen LogP contribution in [0.5, 0.6) is 0 Å². The molecule has 21 heavy (non-hydrogen) atoms. The Hall–Kier alpha value is -2.10. The topological polar surface area (TPSA) is 57.8 Å². The number of aromatic amines is 1. The Kier molecular flexibility index (Phi) is 4.46. The fraction of sp³-hybridized carbons (Fsp3) is 0.412. The molecule has 0 aliphatic carbocycles. The average Bonchev–Trinajstić information content (AvgIpc) is 2.91. The minimum absolute atomic E-state index is 0.0548. The van der Waals surface area contributed by atoms with Gasteiger partial charge in [0.1, 0.15) is 0 Å². The predicted molar refractivity (Wildman–Crippen MR) is 85.9 cm³/mol. The number of carbonyl (C=O) groups excluding carboxylic acids is 1. The SMILES string of the molecule is CC(CC(=O)Nc1cccc(-c2ccn[nH]2)c1)C(C)(C)C. The summed E-state index contributed by atoms with van der Waals surface area (Å²) in [6.45, 7) is 8.58. The molecule has 1 aromatic carbocycles. The van der Waals surface area contributed by atoms with Crippen LogP contribution in [0.4, 0.5) is 5.69 Å². The summed E-state index contributed by atoms with van der Waals surface area (Å²) in [5.41, 5.74) is 2.89. The van der Waals surface area contributed by atoms with E-state index in [0.29, 0.717) is 12.3 Å². The Morgan fingerprint density at radius 3 is 2.71 bits per heavy atom. The van der Waals surface area contributed by atoms with E-state index in [4.69, 9.17) is 0 Å². The van der Waals surface area contributed by atoms with Crippen molar-refractivity contribution in [2.45, 2.75) is 34.1 Å². The quantitative estimate of drug-likeness (QED) is 0.889. The van der Waals surface area contributed by atoms with Gasteiger partial charge in [0.25, 0.3) is 0 Å². The molecule has 2 N–H and O–H groups in total. The van der Waals surface area contributed by atoms with E-state index in [1.807, 2.05) is 30.3 Å². The van der Waals surface area contributed by atoms with Crippen LogP contribution < -0.4 is 5.32 Å². The van der Waals surface area contributed by atoms with Crippen molar-refractivity contribution < 1.29 is 4.79 Å². The lowest BCUT2D eigenvalue weighted by atomic mass is 9.80. The van der Waals surface area contributed by atoms with Gasteiger partial charge in [-0.2, -0.15) is 5.10 Å². The summed E-state index contributed by atoms with van der Waals surface area (Å²) in [4.78, 5) is 12.1. The van der Waals surface area contributed by atoms with Crippen molar-refractivity contribution in [3.63, 3.8) is 0 Å². The molecule has 112 valence electrons. The number of hydrogen-bond donors (Lipinski definition) is 2. The number of nitrogens with one attached hydrogen (secondary N) is 2. The molecule has 0 aliphatic heterocycles. The Balaban J connectivity index is 2.03. The molecule has 0 saturated heterocycles. The molecule has 0 radical (unpaired) electrons. The Labute approximate surface area is 126 Å². The van der Waals surface area contributed by atoms with Crippen LogP contribution in [-0.2, 0) is 4.79 Å². The molecular weight excluding hydrogens is 262 g/mol. The predicted octanol–water partition coefficient (Wildman–Crippen LogP) is 4.09. The second-order valence-electron chi connectivity index (χ2n) is 6.57. The Bertz CT molecular complexity index is 597. The van der Waals surface area contributed by atoms with E-state index in [-0.39, 0.29) is 11.3 Å². The number of hydrogen-bond acceptors (Lipinski definition) is 2. The summed E-state index contributed by atoms with van der Waals surface area (Å²) in [5.74, 6) is 0.382. The van der Waals surface area contributed by atoms with Crippen molar-refractivity contribution in [1.82, 2.24) is 10.2 Å². The number of H-pyrrole nitrogens is 1. The molecule has 0 bridgehead atoms. The first kappa shape index (κ1) is 15.3. The van der Waals surface area contributed by atoms with Gasteiger partial charge >= 0.3 is 0 Å². The van der Waals surface area contributed by atoms with Crippen molar-refractivity contribution in [1.29, 1.82) is 0 Å². The van der Waals surface area contributed by atoms with Crippen LogP contribution in [0.2, 0.25) is 0 Å². The summed E-state index contributed by atoms with van der Waals surface area (Å²) < 4.78 is 0. The monoisotopic (exact) mass is 285 g/mol. The number of amides is 1. The van der Waals surface area contributed by atoms with E-state index in [1.54, 1.807) is 6.20 Å². The van der Waals surface area contributed by atoms with Gasteiger partial charge in [0, 0.05) is 23.9 Å².